The lowest BCUT2D eigenvalue weighted by Gasteiger charge is -2.44. The maximum atomic E-state index is 5.52. The number of anilines is 4. The minimum Gasteiger partial charge on any atom is -0.494 e. The van der Waals surface area contributed by atoms with Crippen LogP contribution in [0.15, 0.2) is 24.4 Å². The quantitative estimate of drug-likeness (QED) is 0.486. The van der Waals surface area contributed by atoms with Gasteiger partial charge in [-0.1, -0.05) is 6.42 Å². The van der Waals surface area contributed by atoms with E-state index in [1.165, 1.54) is 45.2 Å². The molecule has 5 rings (SSSR count). The van der Waals surface area contributed by atoms with Crippen LogP contribution in [0.5, 0.6) is 5.75 Å². The van der Waals surface area contributed by atoms with E-state index < -0.39 is 0 Å². The predicted molar refractivity (Wildman–Crippen MR) is 141 cm³/mol. The largest absolute Gasteiger partial charge is 0.494 e. The zero-order valence-electron chi connectivity index (χ0n) is 21.6. The number of aromatic nitrogens is 6. The monoisotopic (exact) mass is 492 g/mol. The number of nitrogens with one attached hydrogen (secondary N) is 2. The van der Waals surface area contributed by atoms with E-state index in [2.05, 4.69) is 36.0 Å². The fourth-order valence-electron chi connectivity index (χ4n) is 5.45. The van der Waals surface area contributed by atoms with Gasteiger partial charge in [-0.25, -0.2) is 4.98 Å². The molecule has 2 aliphatic rings. The van der Waals surface area contributed by atoms with Crippen LogP contribution in [0.25, 0.3) is 5.69 Å². The van der Waals surface area contributed by atoms with Crippen LogP contribution < -0.4 is 20.3 Å². The smallest absolute Gasteiger partial charge is 0.229 e. The lowest BCUT2D eigenvalue weighted by Crippen LogP contribution is -2.49. The molecule has 2 N–H and O–H groups in total. The lowest BCUT2D eigenvalue weighted by molar-refractivity contribution is 0.0649. The van der Waals surface area contributed by atoms with Crippen LogP contribution in [0.1, 0.15) is 37.9 Å². The van der Waals surface area contributed by atoms with Crippen molar-refractivity contribution in [2.45, 2.75) is 45.1 Å². The number of nitrogens with zero attached hydrogens (tertiary/aromatic N) is 8. The molecule has 4 heterocycles. The first kappa shape index (κ1) is 24.2. The van der Waals surface area contributed by atoms with E-state index in [4.69, 9.17) is 9.72 Å². The average Bonchev–Trinajstić information content (AvgIpc) is 3.33. The normalized spacial score (nSPS) is 20.0. The summed E-state index contributed by atoms with van der Waals surface area (Å²) in [5, 5.41) is 18.8. The van der Waals surface area contributed by atoms with Gasteiger partial charge in [0, 0.05) is 32.4 Å². The van der Waals surface area contributed by atoms with Crippen molar-refractivity contribution in [2.24, 2.45) is 5.92 Å². The van der Waals surface area contributed by atoms with Gasteiger partial charge in [-0.2, -0.15) is 9.67 Å². The maximum Gasteiger partial charge on any atom is 0.229 e. The molecule has 11 heteroatoms. The van der Waals surface area contributed by atoms with Gasteiger partial charge in [0.15, 0.2) is 11.6 Å². The van der Waals surface area contributed by atoms with Gasteiger partial charge in [0.1, 0.15) is 11.4 Å². The number of benzene rings is 1. The minimum absolute atomic E-state index is 0.524. The van der Waals surface area contributed by atoms with Crippen molar-refractivity contribution in [1.82, 2.24) is 35.1 Å². The second-order valence-corrected chi connectivity index (χ2v) is 9.85. The fraction of sp³-hybridized carbons (Fsp3) is 0.560. The summed E-state index contributed by atoms with van der Waals surface area (Å²) in [7, 11) is 5.67. The molecule has 2 saturated heterocycles. The third-order valence-electron chi connectivity index (χ3n) is 7.30. The molecule has 11 nitrogen and oxygen atoms in total. The zero-order valence-corrected chi connectivity index (χ0v) is 21.6. The number of rotatable bonds is 8. The van der Waals surface area contributed by atoms with Crippen molar-refractivity contribution in [3.63, 3.8) is 0 Å². The van der Waals surface area contributed by atoms with E-state index in [9.17, 15) is 0 Å². The molecular weight excluding hydrogens is 456 g/mol. The van der Waals surface area contributed by atoms with E-state index >= 15 is 0 Å². The number of hydrogen-bond acceptors (Lipinski definition) is 10. The summed E-state index contributed by atoms with van der Waals surface area (Å²) in [4.78, 5) is 14.2. The number of methoxy groups -OCH3 is 1. The molecule has 2 aliphatic heterocycles. The molecule has 1 aromatic carbocycles. The highest BCUT2D eigenvalue weighted by molar-refractivity contribution is 5.68. The SMILES string of the molecule is COc1ccc(Nc2ncc(N(C)C)c(NCC3CCCN4CCCCC34)n2)cc1-n1nnnc1C. The zero-order chi connectivity index (χ0) is 25.1. The van der Waals surface area contributed by atoms with Crippen LogP contribution >= 0.6 is 0 Å². The summed E-state index contributed by atoms with van der Waals surface area (Å²) in [6.45, 7) is 5.27. The number of aryl methyl sites for hydroxylation is 1. The summed E-state index contributed by atoms with van der Waals surface area (Å²) in [5.74, 6) is 3.35. The van der Waals surface area contributed by atoms with Crippen LogP contribution in [0.4, 0.5) is 23.1 Å². The molecule has 0 amide bonds. The first-order valence-electron chi connectivity index (χ1n) is 12.8. The van der Waals surface area contributed by atoms with Gasteiger partial charge in [-0.15, -0.1) is 5.10 Å². The summed E-state index contributed by atoms with van der Waals surface area (Å²) >= 11 is 0. The second kappa shape index (κ2) is 10.7. The molecule has 0 bridgehead atoms. The van der Waals surface area contributed by atoms with Gasteiger partial charge in [0.05, 0.1) is 19.0 Å². The van der Waals surface area contributed by atoms with E-state index in [1.54, 1.807) is 11.8 Å². The molecule has 2 fully saturated rings. The van der Waals surface area contributed by atoms with Crippen LogP contribution in [-0.2, 0) is 0 Å². The van der Waals surface area contributed by atoms with Gasteiger partial charge in [0.2, 0.25) is 5.95 Å². The van der Waals surface area contributed by atoms with E-state index in [0.717, 1.165) is 29.4 Å². The molecular formula is C25H36N10O. The van der Waals surface area contributed by atoms with E-state index in [-0.39, 0.29) is 0 Å². The number of piperidine rings is 2. The molecule has 3 aromatic rings. The van der Waals surface area contributed by atoms with Gasteiger partial charge >= 0.3 is 0 Å². The molecule has 2 aromatic heterocycles. The summed E-state index contributed by atoms with van der Waals surface area (Å²) in [6.07, 6.45) is 8.40. The Morgan fingerprint density at radius 3 is 2.78 bits per heavy atom. The molecule has 192 valence electrons. The van der Waals surface area contributed by atoms with E-state index in [0.29, 0.717) is 29.5 Å². The van der Waals surface area contributed by atoms with E-state index in [1.807, 2.05) is 50.3 Å². The third kappa shape index (κ3) is 5.06. The Labute approximate surface area is 212 Å². The molecule has 2 unspecified atom stereocenters. The maximum absolute atomic E-state index is 5.52. The van der Waals surface area contributed by atoms with Gasteiger partial charge in [0.25, 0.3) is 0 Å². The highest BCUT2D eigenvalue weighted by atomic mass is 16.5. The first-order valence-corrected chi connectivity index (χ1v) is 12.8. The molecule has 0 spiro atoms. The van der Waals surface area contributed by atoms with Gasteiger partial charge in [-0.3, -0.25) is 0 Å². The number of fused-ring (bicyclic) bond motifs is 1. The highest BCUT2D eigenvalue weighted by Gasteiger charge is 2.32. The number of hydrogen-bond donors (Lipinski definition) is 2. The Hall–Kier alpha value is -3.47. The summed E-state index contributed by atoms with van der Waals surface area (Å²) in [5.41, 5.74) is 2.52. The number of ether oxygens (including phenoxy) is 1. The van der Waals surface area contributed by atoms with Crippen LogP contribution in [0.3, 0.4) is 0 Å². The standard InChI is InChI=1S/C25H36N10O/c1-17-30-31-32-35(17)21-14-19(10-11-23(21)36-4)28-25-27-16-22(33(2)3)24(29-25)26-15-18-8-7-13-34-12-6-5-9-20(18)34/h10-11,14,16,18,20H,5-9,12-13,15H2,1-4H3,(H2,26,27,28,29). The first-order chi connectivity index (χ1) is 17.5. The van der Waals surface area contributed by atoms with Crippen LogP contribution in [0.2, 0.25) is 0 Å². The minimum atomic E-state index is 0.524. The van der Waals surface area contributed by atoms with Crippen LogP contribution in [-0.4, -0.2) is 82.0 Å². The van der Waals surface area contributed by atoms with Gasteiger partial charge < -0.3 is 25.2 Å². The Bertz CT molecular complexity index is 1180. The van der Waals surface area contributed by atoms with Crippen molar-refractivity contribution in [2.75, 3.05) is 56.4 Å². The lowest BCUT2D eigenvalue weighted by atomic mass is 9.83. The van der Waals surface area contributed by atoms with Gasteiger partial charge in [-0.05, 0) is 80.2 Å². The Balaban J connectivity index is 1.35. The molecule has 0 radical (unpaired) electrons. The molecule has 0 aliphatic carbocycles. The average molecular weight is 493 g/mol. The third-order valence-corrected chi connectivity index (χ3v) is 7.30. The van der Waals surface area contributed by atoms with Crippen molar-refractivity contribution in [3.05, 3.63) is 30.2 Å². The highest BCUT2D eigenvalue weighted by Crippen LogP contribution is 2.32. The summed E-state index contributed by atoms with van der Waals surface area (Å²) in [6, 6.07) is 6.43. The van der Waals surface area contributed by atoms with Crippen molar-refractivity contribution < 1.29 is 4.74 Å². The predicted octanol–water partition coefficient (Wildman–Crippen LogP) is 3.26. The van der Waals surface area contributed by atoms with Crippen LogP contribution in [0, 0.1) is 12.8 Å². The summed E-state index contributed by atoms with van der Waals surface area (Å²) < 4.78 is 7.17. The Morgan fingerprint density at radius 2 is 2.00 bits per heavy atom. The Kier molecular flexibility index (Phi) is 7.17. The molecule has 2 atom stereocenters. The number of tetrazole rings is 1. The van der Waals surface area contributed by atoms with Crippen molar-refractivity contribution in [1.29, 1.82) is 0 Å². The fourth-order valence-corrected chi connectivity index (χ4v) is 5.45. The molecule has 0 saturated carbocycles. The molecule has 36 heavy (non-hydrogen) atoms. The second-order valence-electron chi connectivity index (χ2n) is 9.85. The topological polar surface area (TPSA) is 109 Å². The van der Waals surface area contributed by atoms with Crippen molar-refractivity contribution >= 4 is 23.1 Å². The van der Waals surface area contributed by atoms with Crippen molar-refractivity contribution in [3.8, 4) is 11.4 Å². The Morgan fingerprint density at radius 1 is 1.14 bits per heavy atom.